The van der Waals surface area contributed by atoms with Gasteiger partial charge >= 0.3 is 0 Å². The number of hydrogen-bond acceptors (Lipinski definition) is 4. The normalized spacial score (nSPS) is 10.7. The van der Waals surface area contributed by atoms with Crippen LogP contribution in [0.2, 0.25) is 0 Å². The number of aromatic nitrogens is 4. The molecule has 0 bridgehead atoms. The van der Waals surface area contributed by atoms with E-state index in [1.165, 1.54) is 23.1 Å². The predicted molar refractivity (Wildman–Crippen MR) is 80.5 cm³/mol. The summed E-state index contributed by atoms with van der Waals surface area (Å²) in [5.74, 6) is -0.798. The van der Waals surface area contributed by atoms with Crippen molar-refractivity contribution in [3.63, 3.8) is 0 Å². The lowest BCUT2D eigenvalue weighted by molar-refractivity contribution is 0.609. The van der Waals surface area contributed by atoms with E-state index in [1.54, 1.807) is 24.3 Å². The molecule has 0 saturated heterocycles. The molecule has 0 amide bonds. The SMILES string of the molecule is Fc1cc(Br)ccc1CNc1cc(-n2cnnn2)ccc1F. The Bertz CT molecular complexity index is 792. The second-order valence-electron chi connectivity index (χ2n) is 4.51. The maximum absolute atomic E-state index is 13.9. The van der Waals surface area contributed by atoms with Gasteiger partial charge in [-0.15, -0.1) is 5.10 Å². The van der Waals surface area contributed by atoms with E-state index in [0.29, 0.717) is 15.7 Å². The van der Waals surface area contributed by atoms with Crippen LogP contribution in [0.25, 0.3) is 5.69 Å². The number of halogens is 3. The third-order valence-corrected chi connectivity index (χ3v) is 3.54. The summed E-state index contributed by atoms with van der Waals surface area (Å²) in [6.07, 6.45) is 1.41. The molecule has 0 aliphatic carbocycles. The van der Waals surface area contributed by atoms with Crippen molar-refractivity contribution in [2.24, 2.45) is 0 Å². The fraction of sp³-hybridized carbons (Fsp3) is 0.0714. The third kappa shape index (κ3) is 3.11. The van der Waals surface area contributed by atoms with Crippen LogP contribution in [0.4, 0.5) is 14.5 Å². The lowest BCUT2D eigenvalue weighted by atomic mass is 10.2. The Morgan fingerprint density at radius 2 is 1.95 bits per heavy atom. The van der Waals surface area contributed by atoms with Crippen molar-refractivity contribution < 1.29 is 8.78 Å². The minimum absolute atomic E-state index is 0.162. The van der Waals surface area contributed by atoms with Crippen molar-refractivity contribution in [2.45, 2.75) is 6.54 Å². The summed E-state index contributed by atoms with van der Waals surface area (Å²) in [6.45, 7) is 0.162. The Morgan fingerprint density at radius 3 is 2.68 bits per heavy atom. The first kappa shape index (κ1) is 14.6. The van der Waals surface area contributed by atoms with Crippen LogP contribution in [0.1, 0.15) is 5.56 Å². The second-order valence-corrected chi connectivity index (χ2v) is 5.42. The fourth-order valence-electron chi connectivity index (χ4n) is 1.93. The zero-order valence-corrected chi connectivity index (χ0v) is 12.8. The van der Waals surface area contributed by atoms with Gasteiger partial charge < -0.3 is 5.32 Å². The van der Waals surface area contributed by atoms with Gasteiger partial charge in [0.25, 0.3) is 0 Å². The molecule has 0 spiro atoms. The maximum Gasteiger partial charge on any atom is 0.146 e. The molecule has 3 aromatic rings. The number of tetrazole rings is 1. The first-order chi connectivity index (χ1) is 10.6. The van der Waals surface area contributed by atoms with Crippen molar-refractivity contribution >= 4 is 21.6 Å². The summed E-state index contributed by atoms with van der Waals surface area (Å²) in [5, 5.41) is 13.7. The van der Waals surface area contributed by atoms with E-state index in [4.69, 9.17) is 0 Å². The molecule has 0 unspecified atom stereocenters. The molecule has 0 saturated carbocycles. The monoisotopic (exact) mass is 365 g/mol. The van der Waals surface area contributed by atoms with Gasteiger partial charge in [-0.05, 0) is 40.8 Å². The average molecular weight is 366 g/mol. The van der Waals surface area contributed by atoms with Crippen molar-refractivity contribution in [1.29, 1.82) is 0 Å². The van der Waals surface area contributed by atoms with Crippen LogP contribution in [0.3, 0.4) is 0 Å². The van der Waals surface area contributed by atoms with Gasteiger partial charge in [0.1, 0.15) is 18.0 Å². The van der Waals surface area contributed by atoms with Crippen LogP contribution in [0.5, 0.6) is 0 Å². The van der Waals surface area contributed by atoms with E-state index in [2.05, 4.69) is 36.8 Å². The summed E-state index contributed by atoms with van der Waals surface area (Å²) in [4.78, 5) is 0. The largest absolute Gasteiger partial charge is 0.378 e. The van der Waals surface area contributed by atoms with Crippen LogP contribution in [-0.2, 0) is 6.54 Å². The van der Waals surface area contributed by atoms with E-state index in [1.807, 2.05) is 0 Å². The van der Waals surface area contributed by atoms with Gasteiger partial charge in [-0.2, -0.15) is 0 Å². The first-order valence-corrected chi connectivity index (χ1v) is 7.13. The summed E-state index contributed by atoms with van der Waals surface area (Å²) in [5.41, 5.74) is 1.29. The Hall–Kier alpha value is -2.35. The van der Waals surface area contributed by atoms with E-state index >= 15 is 0 Å². The average Bonchev–Trinajstić information content (AvgIpc) is 3.02. The number of benzene rings is 2. The number of anilines is 1. The molecule has 0 aliphatic heterocycles. The molecule has 0 aliphatic rings. The molecule has 8 heteroatoms. The van der Waals surface area contributed by atoms with Crippen LogP contribution in [-0.4, -0.2) is 20.2 Å². The molecule has 0 fully saturated rings. The highest BCUT2D eigenvalue weighted by atomic mass is 79.9. The van der Waals surface area contributed by atoms with Crippen LogP contribution in [0.15, 0.2) is 47.2 Å². The van der Waals surface area contributed by atoms with Gasteiger partial charge in [-0.3, -0.25) is 0 Å². The highest BCUT2D eigenvalue weighted by molar-refractivity contribution is 9.10. The third-order valence-electron chi connectivity index (χ3n) is 3.05. The first-order valence-electron chi connectivity index (χ1n) is 6.34. The molecule has 0 radical (unpaired) electrons. The van der Waals surface area contributed by atoms with Crippen molar-refractivity contribution in [3.8, 4) is 5.69 Å². The van der Waals surface area contributed by atoms with E-state index in [0.717, 1.165) is 0 Å². The molecule has 1 heterocycles. The van der Waals surface area contributed by atoms with Gasteiger partial charge in [-0.25, -0.2) is 13.5 Å². The predicted octanol–water partition coefficient (Wildman–Crippen LogP) is 3.32. The molecule has 22 heavy (non-hydrogen) atoms. The molecule has 112 valence electrons. The number of rotatable bonds is 4. The van der Waals surface area contributed by atoms with E-state index < -0.39 is 5.82 Å². The van der Waals surface area contributed by atoms with Crippen LogP contribution < -0.4 is 5.32 Å². The Morgan fingerprint density at radius 1 is 1.09 bits per heavy atom. The van der Waals surface area contributed by atoms with Gasteiger partial charge in [0.15, 0.2) is 0 Å². The molecular formula is C14H10BrF2N5. The molecule has 2 aromatic carbocycles. The molecule has 1 N–H and O–H groups in total. The fourth-order valence-corrected chi connectivity index (χ4v) is 2.26. The van der Waals surface area contributed by atoms with E-state index in [-0.39, 0.29) is 18.0 Å². The topological polar surface area (TPSA) is 55.6 Å². The molecule has 1 aromatic heterocycles. The van der Waals surface area contributed by atoms with E-state index in [9.17, 15) is 8.78 Å². The highest BCUT2D eigenvalue weighted by Crippen LogP contribution is 2.21. The molecule has 3 rings (SSSR count). The summed E-state index contributed by atoms with van der Waals surface area (Å²) in [7, 11) is 0. The molecule has 5 nitrogen and oxygen atoms in total. The van der Waals surface area contributed by atoms with Crippen LogP contribution in [0, 0.1) is 11.6 Å². The second kappa shape index (κ2) is 6.18. The molecular weight excluding hydrogens is 356 g/mol. The van der Waals surface area contributed by atoms with Gasteiger partial charge in [0, 0.05) is 16.6 Å². The van der Waals surface area contributed by atoms with Crippen molar-refractivity contribution in [2.75, 3.05) is 5.32 Å². The maximum atomic E-state index is 13.9. The van der Waals surface area contributed by atoms with Gasteiger partial charge in [0.2, 0.25) is 0 Å². The summed E-state index contributed by atoms with van der Waals surface area (Å²) >= 11 is 3.19. The Balaban J connectivity index is 1.81. The highest BCUT2D eigenvalue weighted by Gasteiger charge is 2.08. The van der Waals surface area contributed by atoms with Gasteiger partial charge in [0.05, 0.1) is 11.4 Å². The minimum Gasteiger partial charge on any atom is -0.378 e. The van der Waals surface area contributed by atoms with Gasteiger partial charge in [-0.1, -0.05) is 22.0 Å². The summed E-state index contributed by atoms with van der Waals surface area (Å²) in [6, 6.07) is 9.14. The zero-order chi connectivity index (χ0) is 15.5. The lowest BCUT2D eigenvalue weighted by Crippen LogP contribution is -2.05. The zero-order valence-electron chi connectivity index (χ0n) is 11.2. The summed E-state index contributed by atoms with van der Waals surface area (Å²) < 4.78 is 29.7. The standard InChI is InChI=1S/C14H10BrF2N5/c15-10-2-1-9(13(17)5-10)7-18-14-6-11(3-4-12(14)16)22-8-19-20-21-22/h1-6,8,18H,7H2. The molecule has 0 atom stereocenters. The minimum atomic E-state index is -0.436. The van der Waals surface area contributed by atoms with Crippen molar-refractivity contribution in [3.05, 3.63) is 64.4 Å². The number of nitrogens with one attached hydrogen (secondary N) is 1. The lowest BCUT2D eigenvalue weighted by Gasteiger charge is -2.10. The number of nitrogens with zero attached hydrogens (tertiary/aromatic N) is 4. The van der Waals surface area contributed by atoms with Crippen LogP contribution >= 0.6 is 15.9 Å². The quantitative estimate of drug-likeness (QED) is 0.770. The number of hydrogen-bond donors (Lipinski definition) is 1. The smallest absolute Gasteiger partial charge is 0.146 e. The van der Waals surface area contributed by atoms with Crippen molar-refractivity contribution in [1.82, 2.24) is 20.2 Å². The Kier molecular flexibility index (Phi) is 4.10. The Labute approximate surface area is 133 Å².